The van der Waals surface area contributed by atoms with Crippen LogP contribution in [0.3, 0.4) is 0 Å². The third-order valence-corrected chi connectivity index (χ3v) is 3.12. The van der Waals surface area contributed by atoms with E-state index in [9.17, 15) is 9.90 Å². The van der Waals surface area contributed by atoms with E-state index in [-0.39, 0.29) is 5.56 Å². The van der Waals surface area contributed by atoms with E-state index >= 15 is 0 Å². The van der Waals surface area contributed by atoms with Gasteiger partial charge in [0.25, 0.3) is 0 Å². The van der Waals surface area contributed by atoms with Crippen LogP contribution in [-0.4, -0.2) is 18.7 Å². The Bertz CT molecular complexity index is 631. The molecule has 0 atom stereocenters. The Hall–Kier alpha value is -2.62. The topological polar surface area (TPSA) is 55.7 Å². The van der Waals surface area contributed by atoms with Crippen molar-refractivity contribution >= 4 is 17.9 Å². The van der Waals surface area contributed by atoms with Gasteiger partial charge in [0.1, 0.15) is 0 Å². The number of rotatable bonds is 5. The molecule has 108 valence electrons. The summed E-state index contributed by atoms with van der Waals surface area (Å²) >= 11 is 0. The fourth-order valence-electron chi connectivity index (χ4n) is 1.89. The number of carboxylic acids is 1. The molecule has 2 aromatic carbocycles. The summed E-state index contributed by atoms with van der Waals surface area (Å²) < 4.78 is 0. The molecule has 0 N–H and O–H groups in total. The van der Waals surface area contributed by atoms with E-state index < -0.39 is 5.97 Å². The zero-order valence-corrected chi connectivity index (χ0v) is 12.1. The highest BCUT2D eigenvalue weighted by atomic mass is 16.4. The molecule has 0 spiro atoms. The number of nitrogens with zero attached hydrogens (tertiary/aromatic N) is 2. The quantitative estimate of drug-likeness (QED) is 0.623. The van der Waals surface area contributed by atoms with Gasteiger partial charge in [0.05, 0.1) is 17.9 Å². The summed E-state index contributed by atoms with van der Waals surface area (Å²) in [4.78, 5) is 10.7. The smallest absolute Gasteiger partial charge is 0.0715 e. The summed E-state index contributed by atoms with van der Waals surface area (Å²) in [5, 5.41) is 17.0. The molecule has 0 fully saturated rings. The molecule has 0 bridgehead atoms. The molecule has 4 heteroatoms. The third kappa shape index (κ3) is 3.92. The monoisotopic (exact) mass is 281 g/mol. The van der Waals surface area contributed by atoms with E-state index in [2.05, 4.69) is 5.10 Å². The van der Waals surface area contributed by atoms with E-state index in [1.54, 1.807) is 18.3 Å². The van der Waals surface area contributed by atoms with Gasteiger partial charge in [-0.3, -0.25) is 5.01 Å². The minimum atomic E-state index is -1.17. The van der Waals surface area contributed by atoms with Gasteiger partial charge < -0.3 is 9.90 Å². The van der Waals surface area contributed by atoms with Crippen LogP contribution in [0.4, 0.5) is 5.69 Å². The first-order valence-corrected chi connectivity index (χ1v) is 6.79. The minimum Gasteiger partial charge on any atom is -0.545 e. The number of carbonyl (C=O) groups is 1. The molecule has 21 heavy (non-hydrogen) atoms. The Morgan fingerprint density at radius 1 is 1.14 bits per heavy atom. The second-order valence-electron chi connectivity index (χ2n) is 4.71. The lowest BCUT2D eigenvalue weighted by Crippen LogP contribution is -2.22. The maximum Gasteiger partial charge on any atom is 0.0715 e. The number of anilines is 1. The van der Waals surface area contributed by atoms with Crippen molar-refractivity contribution in [3.8, 4) is 0 Å². The number of aryl methyl sites for hydroxylation is 1. The lowest BCUT2D eigenvalue weighted by atomic mass is 10.1. The Labute approximate surface area is 124 Å². The summed E-state index contributed by atoms with van der Waals surface area (Å²) in [6.07, 6.45) is 1.71. The van der Waals surface area contributed by atoms with Crippen LogP contribution in [0, 0.1) is 6.92 Å². The minimum absolute atomic E-state index is 0.165. The van der Waals surface area contributed by atoms with Gasteiger partial charge in [-0.15, -0.1) is 0 Å². The molecule has 0 unspecified atom stereocenters. The summed E-state index contributed by atoms with van der Waals surface area (Å²) in [5.41, 5.74) is 3.23. The van der Waals surface area contributed by atoms with Gasteiger partial charge in [-0.05, 0) is 37.1 Å². The molecule has 0 radical (unpaired) electrons. The molecular formula is C17H17N2O2-. The number of hydrogen-bond donors (Lipinski definition) is 0. The second-order valence-corrected chi connectivity index (χ2v) is 4.71. The number of aromatic carboxylic acids is 1. The molecule has 0 aliphatic rings. The van der Waals surface area contributed by atoms with Crippen molar-refractivity contribution in [1.82, 2.24) is 0 Å². The summed E-state index contributed by atoms with van der Waals surface area (Å²) in [7, 11) is 0. The Kier molecular flexibility index (Phi) is 4.72. The molecule has 0 aliphatic carbocycles. The van der Waals surface area contributed by atoms with Gasteiger partial charge in [-0.1, -0.05) is 42.0 Å². The lowest BCUT2D eigenvalue weighted by Gasteiger charge is -2.17. The van der Waals surface area contributed by atoms with Crippen LogP contribution in [-0.2, 0) is 0 Å². The lowest BCUT2D eigenvalue weighted by molar-refractivity contribution is -0.255. The van der Waals surface area contributed by atoms with Gasteiger partial charge in [-0.25, -0.2) is 0 Å². The fourth-order valence-corrected chi connectivity index (χ4v) is 1.89. The van der Waals surface area contributed by atoms with Gasteiger partial charge in [0, 0.05) is 6.54 Å². The first kappa shape index (κ1) is 14.8. The van der Waals surface area contributed by atoms with E-state index in [1.165, 1.54) is 17.7 Å². The molecule has 2 aromatic rings. The predicted molar refractivity (Wildman–Crippen MR) is 82.6 cm³/mol. The molecular weight excluding hydrogens is 264 g/mol. The molecule has 0 heterocycles. The van der Waals surface area contributed by atoms with E-state index in [4.69, 9.17) is 0 Å². The fraction of sp³-hybridized carbons (Fsp3) is 0.176. The molecule has 0 aromatic heterocycles. The first-order chi connectivity index (χ1) is 10.1. The second kappa shape index (κ2) is 6.70. The summed E-state index contributed by atoms with van der Waals surface area (Å²) in [6.45, 7) is 4.81. The molecule has 0 aliphatic heterocycles. The normalized spacial score (nSPS) is 10.8. The van der Waals surface area contributed by atoms with Crippen LogP contribution < -0.4 is 10.1 Å². The van der Waals surface area contributed by atoms with Crippen LogP contribution in [0.1, 0.15) is 28.4 Å². The predicted octanol–water partition coefficient (Wildman–Crippen LogP) is 2.22. The van der Waals surface area contributed by atoms with Crippen LogP contribution in [0.15, 0.2) is 53.6 Å². The van der Waals surface area contributed by atoms with Gasteiger partial charge in [0.2, 0.25) is 0 Å². The number of hydrogen-bond acceptors (Lipinski definition) is 4. The van der Waals surface area contributed by atoms with Gasteiger partial charge in [0.15, 0.2) is 0 Å². The highest BCUT2D eigenvalue weighted by Gasteiger charge is 2.01. The molecule has 4 nitrogen and oxygen atoms in total. The van der Waals surface area contributed by atoms with Crippen molar-refractivity contribution in [3.05, 3.63) is 65.2 Å². The van der Waals surface area contributed by atoms with Crippen LogP contribution >= 0.6 is 0 Å². The van der Waals surface area contributed by atoms with Gasteiger partial charge >= 0.3 is 0 Å². The van der Waals surface area contributed by atoms with Crippen molar-refractivity contribution in [2.24, 2.45) is 5.10 Å². The van der Waals surface area contributed by atoms with Crippen LogP contribution in [0.2, 0.25) is 0 Å². The van der Waals surface area contributed by atoms with Crippen molar-refractivity contribution < 1.29 is 9.90 Å². The SMILES string of the molecule is CCN(/N=C\c1ccc(C(=O)[O-])cc1)c1ccc(C)cc1. The van der Waals surface area contributed by atoms with Crippen molar-refractivity contribution in [2.75, 3.05) is 11.6 Å². The van der Waals surface area contributed by atoms with E-state index in [0.29, 0.717) is 0 Å². The van der Waals surface area contributed by atoms with E-state index in [0.717, 1.165) is 17.8 Å². The van der Waals surface area contributed by atoms with Crippen molar-refractivity contribution in [2.45, 2.75) is 13.8 Å². The van der Waals surface area contributed by atoms with Crippen molar-refractivity contribution in [1.29, 1.82) is 0 Å². The average molecular weight is 281 g/mol. The first-order valence-electron chi connectivity index (χ1n) is 6.79. The largest absolute Gasteiger partial charge is 0.545 e. The van der Waals surface area contributed by atoms with E-state index in [1.807, 2.05) is 43.1 Å². The van der Waals surface area contributed by atoms with Crippen LogP contribution in [0.25, 0.3) is 0 Å². The Balaban J connectivity index is 2.13. The molecule has 2 rings (SSSR count). The number of benzene rings is 2. The molecule has 0 amide bonds. The Morgan fingerprint density at radius 3 is 2.29 bits per heavy atom. The molecule has 0 saturated carbocycles. The summed E-state index contributed by atoms with van der Waals surface area (Å²) in [5.74, 6) is -1.17. The highest BCUT2D eigenvalue weighted by molar-refractivity contribution is 5.88. The van der Waals surface area contributed by atoms with Crippen molar-refractivity contribution in [3.63, 3.8) is 0 Å². The standard InChI is InChI=1S/C17H18N2O2/c1-3-19(16-10-4-13(2)5-11-16)18-12-14-6-8-15(9-7-14)17(20)21/h4-12H,3H2,1-2H3,(H,20,21)/p-1/b18-12-. The number of hydrazone groups is 1. The zero-order chi connectivity index (χ0) is 15.2. The highest BCUT2D eigenvalue weighted by Crippen LogP contribution is 2.15. The van der Waals surface area contributed by atoms with Crippen LogP contribution in [0.5, 0.6) is 0 Å². The maximum absolute atomic E-state index is 10.7. The maximum atomic E-state index is 10.7. The summed E-state index contributed by atoms with van der Waals surface area (Å²) in [6, 6.07) is 14.6. The zero-order valence-electron chi connectivity index (χ0n) is 12.1. The average Bonchev–Trinajstić information content (AvgIpc) is 2.50. The third-order valence-electron chi connectivity index (χ3n) is 3.12. The number of carboxylic acid groups (broad SMARTS) is 1. The van der Waals surface area contributed by atoms with Gasteiger partial charge in [-0.2, -0.15) is 5.10 Å². The number of carbonyl (C=O) groups excluding carboxylic acids is 1. The molecule has 0 saturated heterocycles. The Morgan fingerprint density at radius 2 is 1.76 bits per heavy atom.